The minimum absolute atomic E-state index is 0.202. The van der Waals surface area contributed by atoms with E-state index in [0.717, 1.165) is 24.8 Å². The Hall–Kier alpha value is -1.05. The van der Waals surface area contributed by atoms with E-state index in [1.165, 1.54) is 11.1 Å². The third-order valence-corrected chi connectivity index (χ3v) is 2.66. The highest BCUT2D eigenvalue weighted by atomic mass is 16.1. The second kappa shape index (κ2) is 2.47. The molecule has 2 heteroatoms. The fraction of sp³-hybridized carbons (Fsp3) is 0.500. The van der Waals surface area contributed by atoms with Crippen molar-refractivity contribution in [3.05, 3.63) is 33.2 Å². The van der Waals surface area contributed by atoms with Gasteiger partial charge in [0.05, 0.1) is 0 Å². The summed E-state index contributed by atoms with van der Waals surface area (Å²) in [5, 5.41) is 0. The molecule has 64 valence electrons. The summed E-state index contributed by atoms with van der Waals surface area (Å²) in [6.07, 6.45) is 5.16. The Morgan fingerprint density at radius 2 is 2.00 bits per heavy atom. The Kier molecular flexibility index (Phi) is 1.56. The number of pyridine rings is 1. The smallest absolute Gasteiger partial charge is 0.253 e. The van der Waals surface area contributed by atoms with Gasteiger partial charge in [0.2, 0.25) is 0 Å². The van der Waals surface area contributed by atoms with Crippen LogP contribution in [0.2, 0.25) is 0 Å². The number of hydrogen-bond acceptors (Lipinski definition) is 1. The monoisotopic (exact) mass is 163 g/mol. The van der Waals surface area contributed by atoms with E-state index >= 15 is 0 Å². The molecule has 0 atom stereocenters. The van der Waals surface area contributed by atoms with Crippen molar-refractivity contribution in [2.75, 3.05) is 0 Å². The van der Waals surface area contributed by atoms with Crippen molar-refractivity contribution < 1.29 is 0 Å². The molecule has 1 heterocycles. The SMILES string of the molecule is Cc1cn(C)c(=O)c2c1CCC2. The molecule has 1 aromatic heterocycles. The molecule has 0 aliphatic heterocycles. The average molecular weight is 163 g/mol. The third kappa shape index (κ3) is 0.909. The molecule has 1 aliphatic carbocycles. The molecule has 0 bridgehead atoms. The summed E-state index contributed by atoms with van der Waals surface area (Å²) in [5.41, 5.74) is 3.83. The van der Waals surface area contributed by atoms with Crippen LogP contribution >= 0.6 is 0 Å². The first kappa shape index (κ1) is 7.59. The molecule has 0 unspecified atom stereocenters. The lowest BCUT2D eigenvalue weighted by Gasteiger charge is -2.05. The summed E-state index contributed by atoms with van der Waals surface area (Å²) in [6, 6.07) is 0. The van der Waals surface area contributed by atoms with Gasteiger partial charge in [-0.25, -0.2) is 0 Å². The molecular formula is C10H13NO. The van der Waals surface area contributed by atoms with Crippen molar-refractivity contribution in [1.82, 2.24) is 4.57 Å². The predicted molar refractivity (Wildman–Crippen MR) is 48.4 cm³/mol. The zero-order valence-electron chi connectivity index (χ0n) is 7.55. The number of fused-ring (bicyclic) bond motifs is 1. The second-order valence-electron chi connectivity index (χ2n) is 3.54. The van der Waals surface area contributed by atoms with Crippen LogP contribution in [-0.4, -0.2) is 4.57 Å². The number of aryl methyl sites for hydroxylation is 2. The Bertz CT molecular complexity index is 376. The van der Waals surface area contributed by atoms with E-state index in [9.17, 15) is 4.79 Å². The Morgan fingerprint density at radius 1 is 1.33 bits per heavy atom. The largest absolute Gasteiger partial charge is 0.318 e. The van der Waals surface area contributed by atoms with Crippen LogP contribution in [0.1, 0.15) is 23.1 Å². The lowest BCUT2D eigenvalue weighted by Crippen LogP contribution is -2.21. The van der Waals surface area contributed by atoms with Gasteiger partial charge in [0.15, 0.2) is 0 Å². The van der Waals surface area contributed by atoms with Crippen molar-refractivity contribution in [3.63, 3.8) is 0 Å². The van der Waals surface area contributed by atoms with Crippen LogP contribution in [-0.2, 0) is 19.9 Å². The van der Waals surface area contributed by atoms with E-state index in [0.29, 0.717) is 0 Å². The van der Waals surface area contributed by atoms with Crippen LogP contribution in [0.25, 0.3) is 0 Å². The van der Waals surface area contributed by atoms with Crippen LogP contribution < -0.4 is 5.56 Å². The predicted octanol–water partition coefficient (Wildman–Crippen LogP) is 1.18. The normalized spacial score (nSPS) is 14.8. The number of rotatable bonds is 0. The lowest BCUT2D eigenvalue weighted by atomic mass is 10.1. The fourth-order valence-corrected chi connectivity index (χ4v) is 2.05. The van der Waals surface area contributed by atoms with E-state index < -0.39 is 0 Å². The first-order valence-corrected chi connectivity index (χ1v) is 4.38. The first-order valence-electron chi connectivity index (χ1n) is 4.38. The van der Waals surface area contributed by atoms with E-state index in [4.69, 9.17) is 0 Å². The highest BCUT2D eigenvalue weighted by molar-refractivity contribution is 5.34. The van der Waals surface area contributed by atoms with Gasteiger partial charge < -0.3 is 4.57 Å². The minimum Gasteiger partial charge on any atom is -0.318 e. The topological polar surface area (TPSA) is 22.0 Å². The molecule has 12 heavy (non-hydrogen) atoms. The summed E-state index contributed by atoms with van der Waals surface area (Å²) in [7, 11) is 1.83. The molecule has 0 fully saturated rings. The van der Waals surface area contributed by atoms with Crippen molar-refractivity contribution in [2.24, 2.45) is 7.05 Å². The summed E-state index contributed by atoms with van der Waals surface area (Å²) >= 11 is 0. The van der Waals surface area contributed by atoms with Gasteiger partial charge >= 0.3 is 0 Å². The van der Waals surface area contributed by atoms with Crippen LogP contribution in [0.15, 0.2) is 11.0 Å². The lowest BCUT2D eigenvalue weighted by molar-refractivity contribution is 0.828. The molecule has 0 N–H and O–H groups in total. The van der Waals surface area contributed by atoms with E-state index in [1.54, 1.807) is 4.57 Å². The Morgan fingerprint density at radius 3 is 2.75 bits per heavy atom. The van der Waals surface area contributed by atoms with Crippen LogP contribution in [0.5, 0.6) is 0 Å². The molecule has 2 nitrogen and oxygen atoms in total. The van der Waals surface area contributed by atoms with Crippen LogP contribution in [0.3, 0.4) is 0 Å². The zero-order valence-corrected chi connectivity index (χ0v) is 7.55. The molecule has 0 saturated heterocycles. The van der Waals surface area contributed by atoms with E-state index in [-0.39, 0.29) is 5.56 Å². The van der Waals surface area contributed by atoms with Gasteiger partial charge in [0.25, 0.3) is 5.56 Å². The zero-order chi connectivity index (χ0) is 8.72. The van der Waals surface area contributed by atoms with Gasteiger partial charge in [-0.05, 0) is 37.3 Å². The van der Waals surface area contributed by atoms with Crippen molar-refractivity contribution in [3.8, 4) is 0 Å². The third-order valence-electron chi connectivity index (χ3n) is 2.66. The van der Waals surface area contributed by atoms with E-state index in [2.05, 4.69) is 6.92 Å². The van der Waals surface area contributed by atoms with Gasteiger partial charge in [-0.2, -0.15) is 0 Å². The van der Waals surface area contributed by atoms with Crippen molar-refractivity contribution in [1.29, 1.82) is 0 Å². The summed E-state index contributed by atoms with van der Waals surface area (Å²) in [6.45, 7) is 2.09. The summed E-state index contributed by atoms with van der Waals surface area (Å²) in [4.78, 5) is 11.6. The average Bonchev–Trinajstić information content (AvgIpc) is 2.48. The molecule has 2 rings (SSSR count). The van der Waals surface area contributed by atoms with Crippen molar-refractivity contribution in [2.45, 2.75) is 26.2 Å². The molecule has 0 radical (unpaired) electrons. The van der Waals surface area contributed by atoms with Gasteiger partial charge in [-0.3, -0.25) is 4.79 Å². The first-order chi connectivity index (χ1) is 5.70. The Balaban J connectivity index is 2.78. The highest BCUT2D eigenvalue weighted by Crippen LogP contribution is 2.21. The molecule has 0 spiro atoms. The van der Waals surface area contributed by atoms with E-state index in [1.807, 2.05) is 13.2 Å². The van der Waals surface area contributed by atoms with Gasteiger partial charge in [-0.1, -0.05) is 0 Å². The standard InChI is InChI=1S/C10H13NO/c1-7-6-11(2)10(12)9-5-3-4-8(7)9/h6H,3-5H2,1-2H3. The van der Waals surface area contributed by atoms with Gasteiger partial charge in [0.1, 0.15) is 0 Å². The molecule has 1 aliphatic rings. The maximum atomic E-state index is 11.6. The molecule has 0 aromatic carbocycles. The maximum absolute atomic E-state index is 11.6. The number of nitrogens with zero attached hydrogens (tertiary/aromatic N) is 1. The van der Waals surface area contributed by atoms with Crippen LogP contribution in [0.4, 0.5) is 0 Å². The minimum atomic E-state index is 0.202. The number of aromatic nitrogens is 1. The molecular weight excluding hydrogens is 150 g/mol. The molecule has 1 aromatic rings. The van der Waals surface area contributed by atoms with Crippen LogP contribution in [0, 0.1) is 6.92 Å². The van der Waals surface area contributed by atoms with Gasteiger partial charge in [0, 0.05) is 18.8 Å². The molecule has 0 amide bonds. The summed E-state index contributed by atoms with van der Waals surface area (Å²) < 4.78 is 1.69. The quantitative estimate of drug-likeness (QED) is 0.563. The number of hydrogen-bond donors (Lipinski definition) is 0. The Labute approximate surface area is 71.8 Å². The highest BCUT2D eigenvalue weighted by Gasteiger charge is 2.16. The second-order valence-corrected chi connectivity index (χ2v) is 3.54. The fourth-order valence-electron chi connectivity index (χ4n) is 2.05. The van der Waals surface area contributed by atoms with Gasteiger partial charge in [-0.15, -0.1) is 0 Å². The summed E-state index contributed by atoms with van der Waals surface area (Å²) in [5.74, 6) is 0. The van der Waals surface area contributed by atoms with Crippen molar-refractivity contribution >= 4 is 0 Å². The molecule has 0 saturated carbocycles. The maximum Gasteiger partial charge on any atom is 0.253 e.